The number of nitrogens with one attached hydrogen (secondary N) is 1. The first-order valence-corrected chi connectivity index (χ1v) is 6.28. The number of carbonyl (C=O) groups excluding carboxylic acids is 1. The standard InChI is InChI=1S/C14H17N3O2/c1-19-13-5-3-2-4-11(13)8-14(18)17-7-6-16-10-12(17)9-15/h2-5,12,16H,6-8,10H2,1H3. The third kappa shape index (κ3) is 3.04. The van der Waals surface area contributed by atoms with Crippen molar-refractivity contribution >= 4 is 5.91 Å². The molecule has 1 aliphatic heterocycles. The van der Waals surface area contributed by atoms with Gasteiger partial charge in [0.1, 0.15) is 11.8 Å². The van der Waals surface area contributed by atoms with Crippen LogP contribution < -0.4 is 10.1 Å². The van der Waals surface area contributed by atoms with Gasteiger partial charge in [-0.3, -0.25) is 4.79 Å². The lowest BCUT2D eigenvalue weighted by Crippen LogP contribution is -2.53. The largest absolute Gasteiger partial charge is 0.496 e. The molecule has 0 bridgehead atoms. The maximum atomic E-state index is 12.3. The minimum Gasteiger partial charge on any atom is -0.496 e. The average molecular weight is 259 g/mol. The molecule has 0 aliphatic carbocycles. The zero-order valence-electron chi connectivity index (χ0n) is 10.9. The average Bonchev–Trinajstić information content (AvgIpc) is 2.47. The molecule has 0 aromatic heterocycles. The van der Waals surface area contributed by atoms with Crippen LogP contribution in [0.2, 0.25) is 0 Å². The van der Waals surface area contributed by atoms with Crippen LogP contribution in [-0.4, -0.2) is 43.6 Å². The Kier molecular flexibility index (Phi) is 4.37. The summed E-state index contributed by atoms with van der Waals surface area (Å²) >= 11 is 0. The summed E-state index contributed by atoms with van der Waals surface area (Å²) < 4.78 is 5.24. The van der Waals surface area contributed by atoms with Gasteiger partial charge in [-0.1, -0.05) is 18.2 Å². The van der Waals surface area contributed by atoms with Crippen molar-refractivity contribution in [2.75, 3.05) is 26.7 Å². The summed E-state index contributed by atoms with van der Waals surface area (Å²) in [4.78, 5) is 13.9. The van der Waals surface area contributed by atoms with Crippen molar-refractivity contribution in [3.8, 4) is 11.8 Å². The van der Waals surface area contributed by atoms with E-state index < -0.39 is 0 Å². The van der Waals surface area contributed by atoms with Gasteiger partial charge >= 0.3 is 0 Å². The SMILES string of the molecule is COc1ccccc1CC(=O)N1CCNCC1C#N. The van der Waals surface area contributed by atoms with Crippen LogP contribution in [0.3, 0.4) is 0 Å². The summed E-state index contributed by atoms with van der Waals surface area (Å²) in [5.74, 6) is 0.678. The Morgan fingerprint density at radius 2 is 2.37 bits per heavy atom. The highest BCUT2D eigenvalue weighted by Crippen LogP contribution is 2.19. The number of ether oxygens (including phenoxy) is 1. The smallest absolute Gasteiger partial charge is 0.228 e. The summed E-state index contributed by atoms with van der Waals surface area (Å²) in [5.41, 5.74) is 0.852. The lowest BCUT2D eigenvalue weighted by Gasteiger charge is -2.32. The van der Waals surface area contributed by atoms with Crippen molar-refractivity contribution in [3.05, 3.63) is 29.8 Å². The normalized spacial score (nSPS) is 18.7. The summed E-state index contributed by atoms with van der Waals surface area (Å²) in [6.07, 6.45) is 0.266. The Hall–Kier alpha value is -2.06. The Labute approximate surface area is 112 Å². The van der Waals surface area contributed by atoms with Gasteiger partial charge in [0, 0.05) is 25.2 Å². The number of piperazine rings is 1. The highest BCUT2D eigenvalue weighted by atomic mass is 16.5. The second-order valence-corrected chi connectivity index (χ2v) is 4.42. The van der Waals surface area contributed by atoms with Crippen molar-refractivity contribution in [2.24, 2.45) is 0 Å². The van der Waals surface area contributed by atoms with E-state index in [0.717, 1.165) is 12.1 Å². The molecule has 5 heteroatoms. The fourth-order valence-electron chi connectivity index (χ4n) is 2.23. The van der Waals surface area contributed by atoms with Crippen LogP contribution in [-0.2, 0) is 11.2 Å². The monoisotopic (exact) mass is 259 g/mol. The Bertz CT molecular complexity index is 496. The van der Waals surface area contributed by atoms with Crippen LogP contribution in [0.4, 0.5) is 0 Å². The first kappa shape index (κ1) is 13.4. The third-order valence-corrected chi connectivity index (χ3v) is 3.25. The molecular weight excluding hydrogens is 242 g/mol. The van der Waals surface area contributed by atoms with Gasteiger partial charge in [-0.15, -0.1) is 0 Å². The van der Waals surface area contributed by atoms with Crippen molar-refractivity contribution in [2.45, 2.75) is 12.5 Å². The van der Waals surface area contributed by atoms with Crippen LogP contribution in [0, 0.1) is 11.3 Å². The lowest BCUT2D eigenvalue weighted by atomic mass is 10.1. The van der Waals surface area contributed by atoms with E-state index in [1.54, 1.807) is 12.0 Å². The third-order valence-electron chi connectivity index (χ3n) is 3.25. The van der Waals surface area contributed by atoms with Gasteiger partial charge in [-0.05, 0) is 6.07 Å². The van der Waals surface area contributed by atoms with Crippen molar-refractivity contribution < 1.29 is 9.53 Å². The molecule has 19 heavy (non-hydrogen) atoms. The number of carbonyl (C=O) groups is 1. The molecule has 0 saturated carbocycles. The van der Waals surface area contributed by atoms with E-state index >= 15 is 0 Å². The van der Waals surface area contributed by atoms with Crippen LogP contribution >= 0.6 is 0 Å². The first-order valence-electron chi connectivity index (χ1n) is 6.28. The molecule has 1 aromatic carbocycles. The molecule has 100 valence electrons. The highest BCUT2D eigenvalue weighted by Gasteiger charge is 2.26. The van der Waals surface area contributed by atoms with Crippen LogP contribution in [0.25, 0.3) is 0 Å². The van der Waals surface area contributed by atoms with Gasteiger partial charge < -0.3 is 15.0 Å². The zero-order chi connectivity index (χ0) is 13.7. The van der Waals surface area contributed by atoms with Crippen LogP contribution in [0.1, 0.15) is 5.56 Å². The van der Waals surface area contributed by atoms with Gasteiger partial charge in [-0.2, -0.15) is 5.26 Å². The predicted octanol–water partition coefficient (Wildman–Crippen LogP) is 0.562. The molecule has 1 heterocycles. The maximum Gasteiger partial charge on any atom is 0.228 e. The number of benzene rings is 1. The van der Waals surface area contributed by atoms with Gasteiger partial charge in [0.25, 0.3) is 0 Å². The van der Waals surface area contributed by atoms with E-state index in [2.05, 4.69) is 11.4 Å². The van der Waals surface area contributed by atoms with Gasteiger partial charge in [0.15, 0.2) is 0 Å². The maximum absolute atomic E-state index is 12.3. The fourth-order valence-corrected chi connectivity index (χ4v) is 2.23. The van der Waals surface area contributed by atoms with E-state index in [1.165, 1.54) is 0 Å². The van der Waals surface area contributed by atoms with Crippen molar-refractivity contribution in [1.82, 2.24) is 10.2 Å². The molecule has 2 rings (SSSR count). The quantitative estimate of drug-likeness (QED) is 0.861. The van der Waals surface area contributed by atoms with Crippen molar-refractivity contribution in [1.29, 1.82) is 5.26 Å². The molecular formula is C14H17N3O2. The summed E-state index contributed by atoms with van der Waals surface area (Å²) in [6, 6.07) is 9.24. The van der Waals surface area contributed by atoms with E-state index in [9.17, 15) is 4.79 Å². The summed E-state index contributed by atoms with van der Waals surface area (Å²) in [6.45, 7) is 1.84. The lowest BCUT2D eigenvalue weighted by molar-refractivity contribution is -0.132. The summed E-state index contributed by atoms with van der Waals surface area (Å²) in [7, 11) is 1.59. The second-order valence-electron chi connectivity index (χ2n) is 4.42. The van der Waals surface area contributed by atoms with E-state index in [-0.39, 0.29) is 18.4 Å². The molecule has 1 unspecified atom stereocenters. The number of methoxy groups -OCH3 is 1. The van der Waals surface area contributed by atoms with Gasteiger partial charge in [-0.25, -0.2) is 0 Å². The topological polar surface area (TPSA) is 65.4 Å². The zero-order valence-corrected chi connectivity index (χ0v) is 10.9. The number of rotatable bonds is 3. The second kappa shape index (κ2) is 6.21. The molecule has 1 N–H and O–H groups in total. The molecule has 1 aliphatic rings. The molecule has 1 saturated heterocycles. The number of hydrogen-bond donors (Lipinski definition) is 1. The first-order chi connectivity index (χ1) is 9.26. The van der Waals surface area contributed by atoms with Crippen LogP contribution in [0.5, 0.6) is 5.75 Å². The Morgan fingerprint density at radius 1 is 1.58 bits per heavy atom. The van der Waals surface area contributed by atoms with Crippen molar-refractivity contribution in [3.63, 3.8) is 0 Å². The molecule has 1 atom stereocenters. The number of amides is 1. The molecule has 1 amide bonds. The molecule has 1 aromatic rings. The molecule has 5 nitrogen and oxygen atoms in total. The van der Waals surface area contributed by atoms with E-state index in [4.69, 9.17) is 10.00 Å². The van der Waals surface area contributed by atoms with E-state index in [0.29, 0.717) is 18.8 Å². The minimum absolute atomic E-state index is 0.0300. The Balaban J connectivity index is 2.10. The van der Waals surface area contributed by atoms with Crippen LogP contribution in [0.15, 0.2) is 24.3 Å². The number of hydrogen-bond acceptors (Lipinski definition) is 4. The number of nitrogens with zero attached hydrogens (tertiary/aromatic N) is 2. The number of nitriles is 1. The number of para-hydroxylation sites is 1. The fraction of sp³-hybridized carbons (Fsp3) is 0.429. The molecule has 1 fully saturated rings. The van der Waals surface area contributed by atoms with E-state index in [1.807, 2.05) is 24.3 Å². The van der Waals surface area contributed by atoms with Gasteiger partial charge in [0.2, 0.25) is 5.91 Å². The highest BCUT2D eigenvalue weighted by molar-refractivity contribution is 5.80. The summed E-state index contributed by atoms with van der Waals surface area (Å²) in [5, 5.41) is 12.2. The molecule has 0 radical (unpaired) electrons. The minimum atomic E-state index is -0.379. The Morgan fingerprint density at radius 3 is 3.11 bits per heavy atom. The molecule has 0 spiro atoms. The van der Waals surface area contributed by atoms with Gasteiger partial charge in [0.05, 0.1) is 19.6 Å². The predicted molar refractivity (Wildman–Crippen MR) is 70.7 cm³/mol.